The van der Waals surface area contributed by atoms with E-state index < -0.39 is 0 Å². The molecule has 0 spiro atoms. The van der Waals surface area contributed by atoms with E-state index in [0.29, 0.717) is 12.1 Å². The van der Waals surface area contributed by atoms with Crippen LogP contribution in [0.15, 0.2) is 60.7 Å². The molecule has 28 heavy (non-hydrogen) atoms. The van der Waals surface area contributed by atoms with Crippen molar-refractivity contribution in [3.05, 3.63) is 94.3 Å². The van der Waals surface area contributed by atoms with Gasteiger partial charge in [0, 0.05) is 55.5 Å². The van der Waals surface area contributed by atoms with Gasteiger partial charge in [0.1, 0.15) is 0 Å². The largest absolute Gasteiger partial charge is 0.351 e. The van der Waals surface area contributed by atoms with Gasteiger partial charge in [-0.2, -0.15) is 0 Å². The Morgan fingerprint density at radius 1 is 0.607 bits per heavy atom. The molecule has 0 N–H and O–H groups in total. The van der Waals surface area contributed by atoms with Gasteiger partial charge < -0.3 is 4.57 Å². The summed E-state index contributed by atoms with van der Waals surface area (Å²) in [6.07, 6.45) is 2.26. The highest BCUT2D eigenvalue weighted by atomic mass is 15.2. The third-order valence-electron chi connectivity index (χ3n) is 6.78. The molecule has 2 aliphatic rings. The normalized spacial score (nSPS) is 22.7. The summed E-state index contributed by atoms with van der Waals surface area (Å²) in [6, 6.07) is 22.8. The van der Waals surface area contributed by atoms with Crippen molar-refractivity contribution in [2.75, 3.05) is 27.2 Å². The van der Waals surface area contributed by atoms with Gasteiger partial charge in [0.2, 0.25) is 0 Å². The summed E-state index contributed by atoms with van der Waals surface area (Å²) in [5, 5.41) is 0. The summed E-state index contributed by atoms with van der Waals surface area (Å²) in [5.74, 6) is 0. The van der Waals surface area contributed by atoms with Gasteiger partial charge in [-0.3, -0.25) is 9.80 Å². The van der Waals surface area contributed by atoms with Crippen LogP contribution in [0.2, 0.25) is 0 Å². The predicted molar refractivity (Wildman–Crippen MR) is 115 cm³/mol. The Bertz CT molecular complexity index is 895. The number of hydrogen-bond donors (Lipinski definition) is 0. The van der Waals surface area contributed by atoms with Crippen molar-refractivity contribution < 1.29 is 0 Å². The summed E-state index contributed by atoms with van der Waals surface area (Å²) in [7, 11) is 6.85. The Morgan fingerprint density at radius 3 is 1.39 bits per heavy atom. The average molecular weight is 372 g/mol. The minimum absolute atomic E-state index is 0.331. The third-order valence-corrected chi connectivity index (χ3v) is 6.78. The smallest absolute Gasteiger partial charge is 0.0620 e. The molecule has 0 saturated heterocycles. The van der Waals surface area contributed by atoms with E-state index in [0.717, 1.165) is 25.9 Å². The van der Waals surface area contributed by atoms with Crippen LogP contribution in [0.1, 0.15) is 45.7 Å². The Morgan fingerprint density at radius 2 is 1.00 bits per heavy atom. The highest BCUT2D eigenvalue weighted by molar-refractivity contribution is 5.52. The van der Waals surface area contributed by atoms with Crippen LogP contribution in [0.4, 0.5) is 0 Å². The number of nitrogens with zero attached hydrogens (tertiary/aromatic N) is 3. The number of benzene rings is 2. The zero-order valence-electron chi connectivity index (χ0n) is 17.1. The third kappa shape index (κ3) is 2.65. The molecule has 0 aliphatic carbocycles. The fourth-order valence-corrected chi connectivity index (χ4v) is 5.43. The topological polar surface area (TPSA) is 11.4 Å². The van der Waals surface area contributed by atoms with E-state index in [1.807, 2.05) is 0 Å². The lowest BCUT2D eigenvalue weighted by Gasteiger charge is -2.38. The molecule has 0 radical (unpaired) electrons. The predicted octanol–water partition coefficient (Wildman–Crippen LogP) is 4.18. The standard InChI is InChI=1S/C25H29N3/c1-26-16-14-20-22(24(26)18-10-6-4-7-11-18)23-21(28(20)3)15-17-27(2)25(23)19-12-8-5-9-13-19/h4-13,24-25H,14-17H2,1-3H3/t24-,25-/m1/s1. The highest BCUT2D eigenvalue weighted by Gasteiger charge is 2.39. The number of hydrogen-bond acceptors (Lipinski definition) is 2. The van der Waals surface area contributed by atoms with Crippen LogP contribution in [0.5, 0.6) is 0 Å². The first-order valence-electron chi connectivity index (χ1n) is 10.4. The molecule has 3 heteroatoms. The SMILES string of the molecule is CN1CCc2c(c3c(n2C)CCN(C)[C@@H]3c2ccccc2)[C@H]1c1ccccc1. The van der Waals surface area contributed by atoms with Gasteiger partial charge in [0.15, 0.2) is 0 Å². The quantitative estimate of drug-likeness (QED) is 0.669. The zero-order chi connectivity index (χ0) is 19.3. The first-order chi connectivity index (χ1) is 13.7. The molecule has 3 aromatic rings. The van der Waals surface area contributed by atoms with Gasteiger partial charge in [0.05, 0.1) is 12.1 Å². The number of rotatable bonds is 2. The van der Waals surface area contributed by atoms with Gasteiger partial charge in [0.25, 0.3) is 0 Å². The highest BCUT2D eigenvalue weighted by Crippen LogP contribution is 2.46. The van der Waals surface area contributed by atoms with Crippen LogP contribution in [-0.2, 0) is 19.9 Å². The molecule has 0 bridgehead atoms. The van der Waals surface area contributed by atoms with Crippen molar-refractivity contribution in [2.24, 2.45) is 7.05 Å². The van der Waals surface area contributed by atoms with Crippen molar-refractivity contribution in [2.45, 2.75) is 24.9 Å². The molecule has 0 amide bonds. The van der Waals surface area contributed by atoms with E-state index in [9.17, 15) is 0 Å². The second-order valence-corrected chi connectivity index (χ2v) is 8.37. The van der Waals surface area contributed by atoms with Crippen molar-refractivity contribution in [1.29, 1.82) is 0 Å². The Hall–Kier alpha value is -2.36. The van der Waals surface area contributed by atoms with Crippen LogP contribution in [-0.4, -0.2) is 41.6 Å². The van der Waals surface area contributed by atoms with Gasteiger partial charge in [-0.1, -0.05) is 60.7 Å². The molecule has 0 saturated carbocycles. The minimum atomic E-state index is 0.331. The van der Waals surface area contributed by atoms with Gasteiger partial charge in [-0.05, 0) is 25.2 Å². The van der Waals surface area contributed by atoms with E-state index in [2.05, 4.69) is 96.2 Å². The van der Waals surface area contributed by atoms with Crippen LogP contribution in [0.3, 0.4) is 0 Å². The molecular weight excluding hydrogens is 342 g/mol. The van der Waals surface area contributed by atoms with Crippen LogP contribution in [0, 0.1) is 0 Å². The molecule has 3 nitrogen and oxygen atoms in total. The lowest BCUT2D eigenvalue weighted by molar-refractivity contribution is 0.245. The van der Waals surface area contributed by atoms with Crippen molar-refractivity contribution in [3.63, 3.8) is 0 Å². The molecule has 1 aromatic heterocycles. The average Bonchev–Trinajstić information content (AvgIpc) is 3.01. The van der Waals surface area contributed by atoms with Gasteiger partial charge in [-0.15, -0.1) is 0 Å². The van der Waals surface area contributed by atoms with Crippen LogP contribution in [0.25, 0.3) is 0 Å². The molecular formula is C25H29N3. The summed E-state index contributed by atoms with van der Waals surface area (Å²) < 4.78 is 2.52. The second-order valence-electron chi connectivity index (χ2n) is 8.37. The van der Waals surface area contributed by atoms with Crippen molar-refractivity contribution in [3.8, 4) is 0 Å². The summed E-state index contributed by atoms with van der Waals surface area (Å²) in [6.45, 7) is 2.21. The Kier molecular flexibility index (Phi) is 4.37. The maximum Gasteiger partial charge on any atom is 0.0620 e. The molecule has 0 unspecified atom stereocenters. The van der Waals surface area contributed by atoms with Crippen molar-refractivity contribution in [1.82, 2.24) is 14.4 Å². The van der Waals surface area contributed by atoms with E-state index in [1.54, 1.807) is 11.1 Å². The van der Waals surface area contributed by atoms with Crippen molar-refractivity contribution >= 4 is 0 Å². The number of likely N-dealkylation sites (N-methyl/N-ethyl adjacent to an activating group) is 2. The molecule has 2 aromatic carbocycles. The summed E-state index contributed by atoms with van der Waals surface area (Å²) in [5.41, 5.74) is 8.98. The first kappa shape index (κ1) is 17.7. The molecule has 2 atom stereocenters. The Balaban J connectivity index is 1.76. The van der Waals surface area contributed by atoms with Crippen LogP contribution < -0.4 is 0 Å². The maximum atomic E-state index is 2.54. The fraction of sp³-hybridized carbons (Fsp3) is 0.360. The monoisotopic (exact) mass is 371 g/mol. The molecule has 144 valence electrons. The Labute approximate surface area is 168 Å². The molecule has 5 rings (SSSR count). The van der Waals surface area contributed by atoms with Crippen LogP contribution >= 0.6 is 0 Å². The first-order valence-corrected chi connectivity index (χ1v) is 10.4. The zero-order valence-corrected chi connectivity index (χ0v) is 17.1. The lowest BCUT2D eigenvalue weighted by atomic mass is 9.83. The van der Waals surface area contributed by atoms with E-state index in [1.165, 1.54) is 22.5 Å². The number of aromatic nitrogens is 1. The molecule has 3 heterocycles. The lowest BCUT2D eigenvalue weighted by Crippen LogP contribution is -2.36. The summed E-state index contributed by atoms with van der Waals surface area (Å²) >= 11 is 0. The van der Waals surface area contributed by atoms with Gasteiger partial charge >= 0.3 is 0 Å². The molecule has 2 aliphatic heterocycles. The number of fused-ring (bicyclic) bond motifs is 3. The second kappa shape index (κ2) is 6.91. The minimum Gasteiger partial charge on any atom is -0.351 e. The van der Waals surface area contributed by atoms with E-state index >= 15 is 0 Å². The van der Waals surface area contributed by atoms with E-state index in [-0.39, 0.29) is 0 Å². The van der Waals surface area contributed by atoms with E-state index in [4.69, 9.17) is 0 Å². The fourth-order valence-electron chi connectivity index (χ4n) is 5.43. The maximum absolute atomic E-state index is 2.54. The summed E-state index contributed by atoms with van der Waals surface area (Å²) in [4.78, 5) is 5.07. The molecule has 0 fully saturated rings. The van der Waals surface area contributed by atoms with Gasteiger partial charge in [-0.25, -0.2) is 0 Å².